The highest BCUT2D eigenvalue weighted by Gasteiger charge is 2.29. The topological polar surface area (TPSA) is 51.5 Å². The number of aliphatic hydroxyl groups excluding tert-OH is 1. The van der Waals surface area contributed by atoms with Crippen LogP contribution in [-0.4, -0.2) is 86.5 Å². The first-order valence-corrected chi connectivity index (χ1v) is 12.7. The molecule has 0 aromatic carbocycles. The molecule has 1 fully saturated rings. The Hall–Kier alpha value is -0.413. The maximum atomic E-state index is 10.6. The van der Waals surface area contributed by atoms with Gasteiger partial charge in [0.05, 0.1) is 0 Å². The van der Waals surface area contributed by atoms with Crippen molar-refractivity contribution < 1.29 is 9.84 Å². The normalized spacial score (nSPS) is 23.8. The van der Waals surface area contributed by atoms with E-state index in [0.717, 1.165) is 43.4 Å². The third kappa shape index (κ3) is 5.86. The minimum absolute atomic E-state index is 0.382. The lowest BCUT2D eigenvalue weighted by Crippen LogP contribution is -2.54. The van der Waals surface area contributed by atoms with E-state index in [1.807, 2.05) is 0 Å². The molecule has 0 amide bonds. The Bertz CT molecular complexity index is 459. The molecule has 1 saturated heterocycles. The molecule has 0 aliphatic carbocycles. The van der Waals surface area contributed by atoms with Crippen molar-refractivity contribution in [1.82, 2.24) is 14.7 Å². The van der Waals surface area contributed by atoms with Crippen molar-refractivity contribution in [3.8, 4) is 0 Å². The summed E-state index contributed by atoms with van der Waals surface area (Å²) in [6.07, 6.45) is 1.06. The Morgan fingerprint density at radius 2 is 1.96 bits per heavy atom. The van der Waals surface area contributed by atoms with Gasteiger partial charge in [-0.25, -0.2) is 4.99 Å². The summed E-state index contributed by atoms with van der Waals surface area (Å²) in [4.78, 5) is 10.7. The van der Waals surface area contributed by atoms with Gasteiger partial charge < -0.3 is 24.5 Å². The molecule has 2 aliphatic rings. The number of nitrogens with zero attached hydrogens (tertiary/aromatic N) is 4. The molecule has 6 nitrogen and oxygen atoms in total. The number of aliphatic imine (C=N–C) groups is 1. The van der Waals surface area contributed by atoms with E-state index < -0.39 is 14.3 Å². The van der Waals surface area contributed by atoms with Gasteiger partial charge in [0.1, 0.15) is 11.3 Å². The lowest BCUT2D eigenvalue weighted by molar-refractivity contribution is -0.0154. The number of halogens is 1. The van der Waals surface area contributed by atoms with E-state index in [1.165, 1.54) is 0 Å². The second-order valence-electron chi connectivity index (χ2n) is 7.45. The highest BCUT2D eigenvalue weighted by Crippen LogP contribution is 2.20. The molecular formula is C15H29BrN4O2Si. The zero-order valence-corrected chi connectivity index (χ0v) is 17.2. The number of piperazine rings is 1. The van der Waals surface area contributed by atoms with Crippen LogP contribution in [0.3, 0.4) is 0 Å². The Kier molecular flexibility index (Phi) is 6.67. The van der Waals surface area contributed by atoms with Gasteiger partial charge in [0.25, 0.3) is 0 Å². The van der Waals surface area contributed by atoms with Gasteiger partial charge in [-0.15, -0.1) is 0 Å². The van der Waals surface area contributed by atoms with Gasteiger partial charge in [-0.3, -0.25) is 0 Å². The van der Waals surface area contributed by atoms with Crippen LogP contribution in [0.1, 0.15) is 0 Å². The first-order valence-electron chi connectivity index (χ1n) is 8.17. The van der Waals surface area contributed by atoms with Crippen molar-refractivity contribution in [3.63, 3.8) is 0 Å². The lowest BCUT2D eigenvalue weighted by Gasteiger charge is -2.39. The van der Waals surface area contributed by atoms with Gasteiger partial charge >= 0.3 is 0 Å². The van der Waals surface area contributed by atoms with E-state index in [4.69, 9.17) is 4.74 Å². The Morgan fingerprint density at radius 3 is 2.57 bits per heavy atom. The quantitative estimate of drug-likeness (QED) is 0.429. The van der Waals surface area contributed by atoms with Gasteiger partial charge in [0.15, 0.2) is 12.1 Å². The van der Waals surface area contributed by atoms with Crippen molar-refractivity contribution in [2.75, 3.05) is 46.6 Å². The number of rotatable bonds is 5. The number of aliphatic hydroxyl groups is 1. The van der Waals surface area contributed by atoms with Gasteiger partial charge in [0.2, 0.25) is 0 Å². The number of amidine groups is 1. The van der Waals surface area contributed by atoms with E-state index in [0.29, 0.717) is 12.6 Å². The van der Waals surface area contributed by atoms with Crippen LogP contribution in [0.4, 0.5) is 0 Å². The molecular weight excluding hydrogens is 376 g/mol. The predicted octanol–water partition coefficient (Wildman–Crippen LogP) is 1.77. The molecule has 23 heavy (non-hydrogen) atoms. The van der Waals surface area contributed by atoms with E-state index in [9.17, 15) is 5.11 Å². The van der Waals surface area contributed by atoms with Crippen molar-refractivity contribution in [1.29, 1.82) is 0 Å². The maximum Gasteiger partial charge on any atom is 0.187 e. The van der Waals surface area contributed by atoms with Crippen molar-refractivity contribution in [2.45, 2.75) is 31.9 Å². The van der Waals surface area contributed by atoms with Crippen LogP contribution in [-0.2, 0) is 4.74 Å². The van der Waals surface area contributed by atoms with E-state index >= 15 is 0 Å². The number of hydrogen-bond acceptors (Lipinski definition) is 6. The molecule has 2 rings (SSSR count). The molecule has 2 heterocycles. The summed E-state index contributed by atoms with van der Waals surface area (Å²) >= 11 is 3.45. The molecule has 0 radical (unpaired) electrons. The van der Waals surface area contributed by atoms with Crippen LogP contribution >= 0.6 is 15.9 Å². The summed E-state index contributed by atoms with van der Waals surface area (Å²) in [5.41, 5.74) is 0. The lowest BCUT2D eigenvalue weighted by atomic mass is 10.3. The Labute approximate surface area is 148 Å². The first-order chi connectivity index (χ1) is 10.8. The molecule has 1 unspecified atom stereocenters. The standard InChI is InChI=1S/C15H29BrN4O2Si/c1-18-5-7-19(8-6-18)14-15(21)20(11-13(16)17-14)12-22-9-10-23(2,3)4/h11,15,21H,5-10,12H2,1-4H3. The second kappa shape index (κ2) is 8.11. The first kappa shape index (κ1) is 18.9. The van der Waals surface area contributed by atoms with E-state index in [-0.39, 0.29) is 0 Å². The van der Waals surface area contributed by atoms with Gasteiger partial charge in [0, 0.05) is 47.1 Å². The molecule has 2 aliphatic heterocycles. The summed E-state index contributed by atoms with van der Waals surface area (Å²) in [5, 5.41) is 10.6. The van der Waals surface area contributed by atoms with Crippen LogP contribution in [0, 0.1) is 0 Å². The van der Waals surface area contributed by atoms with Crippen LogP contribution in [0.25, 0.3) is 0 Å². The van der Waals surface area contributed by atoms with Crippen LogP contribution < -0.4 is 0 Å². The van der Waals surface area contributed by atoms with Gasteiger partial charge in [-0.2, -0.15) is 0 Å². The molecule has 0 aromatic rings. The fourth-order valence-corrected chi connectivity index (χ4v) is 3.68. The number of likely N-dealkylation sites (N-methyl/N-ethyl adjacent to an activating group) is 1. The van der Waals surface area contributed by atoms with E-state index in [2.05, 4.69) is 57.4 Å². The minimum Gasteiger partial charge on any atom is -0.367 e. The summed E-state index contributed by atoms with van der Waals surface area (Å²) in [5.74, 6) is 0.710. The summed E-state index contributed by atoms with van der Waals surface area (Å²) in [6, 6.07) is 1.13. The average Bonchev–Trinajstić information content (AvgIpc) is 2.46. The van der Waals surface area contributed by atoms with E-state index in [1.54, 1.807) is 11.1 Å². The zero-order chi connectivity index (χ0) is 17.0. The molecule has 1 atom stereocenters. The Balaban J connectivity index is 1.89. The number of hydrogen-bond donors (Lipinski definition) is 1. The highest BCUT2D eigenvalue weighted by atomic mass is 79.9. The average molecular weight is 405 g/mol. The molecule has 8 heteroatoms. The Morgan fingerprint density at radius 1 is 1.30 bits per heavy atom. The molecule has 0 bridgehead atoms. The summed E-state index contributed by atoms with van der Waals surface area (Å²) in [7, 11) is 1.03. The van der Waals surface area contributed by atoms with Crippen molar-refractivity contribution in [3.05, 3.63) is 10.8 Å². The summed E-state index contributed by atoms with van der Waals surface area (Å²) in [6.45, 7) is 11.9. The molecule has 0 spiro atoms. The molecule has 0 aromatic heterocycles. The largest absolute Gasteiger partial charge is 0.367 e. The molecule has 1 N–H and O–H groups in total. The highest BCUT2D eigenvalue weighted by molar-refractivity contribution is 9.11. The zero-order valence-electron chi connectivity index (χ0n) is 14.6. The van der Waals surface area contributed by atoms with Crippen LogP contribution in [0.5, 0.6) is 0 Å². The fraction of sp³-hybridized carbons (Fsp3) is 0.800. The minimum atomic E-state index is -1.09. The predicted molar refractivity (Wildman–Crippen MR) is 100 cm³/mol. The fourth-order valence-electron chi connectivity index (χ4n) is 2.48. The van der Waals surface area contributed by atoms with Crippen LogP contribution in [0.2, 0.25) is 25.7 Å². The van der Waals surface area contributed by atoms with Crippen molar-refractivity contribution in [2.24, 2.45) is 4.99 Å². The third-order valence-electron chi connectivity index (χ3n) is 4.10. The molecule has 0 saturated carbocycles. The number of ether oxygens (including phenoxy) is 1. The maximum absolute atomic E-state index is 10.6. The monoisotopic (exact) mass is 404 g/mol. The summed E-state index contributed by atoms with van der Waals surface area (Å²) < 4.78 is 6.50. The SMILES string of the molecule is CN1CCN(C2=NC(Br)=CN(COCC[Si](C)(C)C)C2O)CC1. The molecule has 132 valence electrons. The van der Waals surface area contributed by atoms with Crippen LogP contribution in [0.15, 0.2) is 15.8 Å². The smallest absolute Gasteiger partial charge is 0.187 e. The third-order valence-corrected chi connectivity index (χ3v) is 6.19. The van der Waals surface area contributed by atoms with Gasteiger partial charge in [-0.05, 0) is 29.0 Å². The van der Waals surface area contributed by atoms with Gasteiger partial charge in [-0.1, -0.05) is 19.6 Å². The second-order valence-corrected chi connectivity index (χ2v) is 13.9. The van der Waals surface area contributed by atoms with Crippen molar-refractivity contribution >= 4 is 29.8 Å².